The number of aliphatic imine (C=N–C) groups is 1. The number of halogens is 3. The number of sulfone groups is 1. The van der Waals surface area contributed by atoms with Crippen molar-refractivity contribution in [2.45, 2.75) is 31.1 Å². The van der Waals surface area contributed by atoms with Gasteiger partial charge in [0.2, 0.25) is 0 Å². The quantitative estimate of drug-likeness (QED) is 0.415. The van der Waals surface area contributed by atoms with Crippen LogP contribution in [0.25, 0.3) is 4.85 Å². The summed E-state index contributed by atoms with van der Waals surface area (Å²) >= 11 is 0. The van der Waals surface area contributed by atoms with Gasteiger partial charge >= 0.3 is 5.82 Å². The molecule has 36 heavy (non-hydrogen) atoms. The summed E-state index contributed by atoms with van der Waals surface area (Å²) in [6, 6.07) is 8.06. The molecule has 0 unspecified atom stereocenters. The van der Waals surface area contributed by atoms with Gasteiger partial charge < -0.3 is 14.9 Å². The summed E-state index contributed by atoms with van der Waals surface area (Å²) in [5.74, 6) is -0.307. The minimum absolute atomic E-state index is 0.0634. The number of pyridine rings is 2. The largest absolute Gasteiger partial charge is 0.503 e. The van der Waals surface area contributed by atoms with Crippen LogP contribution in [0.2, 0.25) is 0 Å². The molecule has 0 amide bonds. The van der Waals surface area contributed by atoms with Gasteiger partial charge in [-0.15, -0.1) is 4.98 Å². The van der Waals surface area contributed by atoms with Crippen molar-refractivity contribution in [3.63, 3.8) is 0 Å². The Morgan fingerprint density at radius 3 is 2.58 bits per heavy atom. The molecular weight excluding hydrogens is 495 g/mol. The summed E-state index contributed by atoms with van der Waals surface area (Å²) in [7, 11) is -3.81. The Hall–Kier alpha value is -3.98. The van der Waals surface area contributed by atoms with E-state index in [-0.39, 0.29) is 52.0 Å². The maximum atomic E-state index is 13.8. The Bertz CT molecular complexity index is 1520. The first-order valence-corrected chi connectivity index (χ1v) is 12.6. The summed E-state index contributed by atoms with van der Waals surface area (Å²) in [5.41, 5.74) is 1.29. The number of alkyl halides is 2. The van der Waals surface area contributed by atoms with Crippen LogP contribution in [0.3, 0.4) is 0 Å². The zero-order valence-corrected chi connectivity index (χ0v) is 20.0. The summed E-state index contributed by atoms with van der Waals surface area (Å²) in [6.45, 7) is 9.50. The number of benzene rings is 1. The molecule has 0 fully saturated rings. The second kappa shape index (κ2) is 9.94. The molecule has 3 aromatic rings. The summed E-state index contributed by atoms with van der Waals surface area (Å²) in [6.07, 6.45) is -1.87. The number of anilines is 2. The maximum absolute atomic E-state index is 13.8. The van der Waals surface area contributed by atoms with E-state index in [1.54, 1.807) is 25.1 Å². The van der Waals surface area contributed by atoms with E-state index in [1.165, 1.54) is 6.07 Å². The highest BCUT2D eigenvalue weighted by Crippen LogP contribution is 2.39. The van der Waals surface area contributed by atoms with E-state index < -0.39 is 22.1 Å². The van der Waals surface area contributed by atoms with Gasteiger partial charge in [0.1, 0.15) is 22.9 Å². The molecule has 1 aliphatic heterocycles. The van der Waals surface area contributed by atoms with Crippen molar-refractivity contribution in [1.82, 2.24) is 9.97 Å². The monoisotopic (exact) mass is 515 g/mol. The van der Waals surface area contributed by atoms with Crippen LogP contribution in [0.5, 0.6) is 5.75 Å². The highest BCUT2D eigenvalue weighted by atomic mass is 32.2. The van der Waals surface area contributed by atoms with Crippen molar-refractivity contribution in [1.29, 1.82) is 0 Å². The second-order valence-electron chi connectivity index (χ2n) is 7.92. The third-order valence-electron chi connectivity index (χ3n) is 5.25. The van der Waals surface area contributed by atoms with Crippen molar-refractivity contribution in [2.24, 2.45) is 4.99 Å². The van der Waals surface area contributed by atoms with E-state index in [0.717, 1.165) is 18.4 Å². The SMILES string of the molecule is [C-]#[N+]c1nc(Cc2cc(Nc3ccc(F)cc3S(C)(=O)=O)c3c(n2)CC(C(F)F)=N3)ccc1OCC. The standard InChI is InChI=1S/C24H20F3N5O3S/c1-4-35-20-8-6-14(30-24(20)28-2)10-15-11-17(22-18(29-15)12-19(32-22)23(26)27)31-16-7-5-13(25)9-21(16)36(3,33)34/h5-9,11,23H,4,10,12H2,1,3H3,(H,29,31). The Balaban J connectivity index is 1.77. The Kier molecular flexibility index (Phi) is 6.94. The average molecular weight is 516 g/mol. The lowest BCUT2D eigenvalue weighted by Gasteiger charge is -2.14. The lowest BCUT2D eigenvalue weighted by atomic mass is 10.1. The number of nitrogens with zero attached hydrogens (tertiary/aromatic N) is 4. The first-order valence-electron chi connectivity index (χ1n) is 10.7. The molecule has 1 aliphatic rings. The van der Waals surface area contributed by atoms with E-state index in [2.05, 4.69) is 25.1 Å². The molecule has 8 nitrogen and oxygen atoms in total. The molecule has 0 saturated carbocycles. The molecular formula is C24H20F3N5O3S. The Labute approximate surface area is 205 Å². The van der Waals surface area contributed by atoms with Crippen LogP contribution in [0.15, 0.2) is 46.3 Å². The van der Waals surface area contributed by atoms with Crippen LogP contribution >= 0.6 is 0 Å². The van der Waals surface area contributed by atoms with E-state index in [9.17, 15) is 21.6 Å². The van der Waals surface area contributed by atoms with Crippen molar-refractivity contribution >= 4 is 38.4 Å². The fraction of sp³-hybridized carbons (Fsp3) is 0.250. The summed E-state index contributed by atoms with van der Waals surface area (Å²) in [4.78, 5) is 15.9. The van der Waals surface area contributed by atoms with Crippen LogP contribution in [0, 0.1) is 12.4 Å². The molecule has 0 saturated heterocycles. The molecule has 0 spiro atoms. The summed E-state index contributed by atoms with van der Waals surface area (Å²) < 4.78 is 70.4. The van der Waals surface area contributed by atoms with Crippen LogP contribution in [0.4, 0.5) is 36.1 Å². The van der Waals surface area contributed by atoms with E-state index >= 15 is 0 Å². The number of hydrogen-bond donors (Lipinski definition) is 1. The molecule has 1 N–H and O–H groups in total. The molecule has 1 aromatic carbocycles. The Morgan fingerprint density at radius 2 is 1.92 bits per heavy atom. The molecule has 12 heteroatoms. The van der Waals surface area contributed by atoms with Crippen LogP contribution in [-0.2, 0) is 22.7 Å². The molecule has 0 radical (unpaired) electrons. The number of fused-ring (bicyclic) bond motifs is 1. The number of nitrogens with one attached hydrogen (secondary N) is 1. The molecule has 0 bridgehead atoms. The number of hydrogen-bond acceptors (Lipinski definition) is 7. The van der Waals surface area contributed by atoms with Gasteiger partial charge in [-0.2, -0.15) is 0 Å². The third kappa shape index (κ3) is 5.31. The van der Waals surface area contributed by atoms with Crippen molar-refractivity contribution in [3.05, 3.63) is 70.7 Å². The smallest absolute Gasteiger partial charge is 0.312 e. The first kappa shape index (κ1) is 25.1. The molecule has 0 aliphatic carbocycles. The highest BCUT2D eigenvalue weighted by molar-refractivity contribution is 7.90. The highest BCUT2D eigenvalue weighted by Gasteiger charge is 2.27. The van der Waals surface area contributed by atoms with Gasteiger partial charge in [0, 0.05) is 12.7 Å². The fourth-order valence-corrected chi connectivity index (χ4v) is 4.57. The van der Waals surface area contributed by atoms with Gasteiger partial charge in [0.05, 0.1) is 46.4 Å². The number of rotatable bonds is 8. The van der Waals surface area contributed by atoms with E-state index in [4.69, 9.17) is 11.3 Å². The first-order chi connectivity index (χ1) is 17.1. The lowest BCUT2D eigenvalue weighted by molar-refractivity contribution is 0.224. The predicted molar refractivity (Wildman–Crippen MR) is 128 cm³/mol. The van der Waals surface area contributed by atoms with Gasteiger partial charge in [-0.1, -0.05) is 6.57 Å². The molecule has 0 atom stereocenters. The second-order valence-corrected chi connectivity index (χ2v) is 9.90. The zero-order valence-electron chi connectivity index (χ0n) is 19.2. The van der Waals surface area contributed by atoms with Gasteiger partial charge in [0.25, 0.3) is 6.43 Å². The molecule has 4 rings (SSSR count). The molecule has 186 valence electrons. The normalized spacial score (nSPS) is 12.8. The van der Waals surface area contributed by atoms with Gasteiger partial charge in [0.15, 0.2) is 9.84 Å². The predicted octanol–water partition coefficient (Wildman–Crippen LogP) is 5.20. The van der Waals surface area contributed by atoms with Crippen molar-refractivity contribution < 1.29 is 26.3 Å². The maximum Gasteiger partial charge on any atom is 0.312 e. The minimum atomic E-state index is -3.81. The van der Waals surface area contributed by atoms with Crippen LogP contribution in [-0.4, -0.2) is 43.4 Å². The number of aromatic nitrogens is 2. The zero-order chi connectivity index (χ0) is 26.0. The van der Waals surface area contributed by atoms with E-state index in [0.29, 0.717) is 23.7 Å². The molecule has 2 aromatic heterocycles. The molecule has 3 heterocycles. The number of ether oxygens (including phenoxy) is 1. The average Bonchev–Trinajstić information content (AvgIpc) is 3.25. The van der Waals surface area contributed by atoms with Gasteiger partial charge in [-0.25, -0.2) is 26.6 Å². The van der Waals surface area contributed by atoms with Crippen molar-refractivity contribution in [3.8, 4) is 5.75 Å². The minimum Gasteiger partial charge on any atom is -0.503 e. The van der Waals surface area contributed by atoms with Gasteiger partial charge in [-0.05, 0) is 43.3 Å². The van der Waals surface area contributed by atoms with E-state index in [1.807, 2.05) is 0 Å². The topological polar surface area (TPSA) is 97.9 Å². The lowest BCUT2D eigenvalue weighted by Crippen LogP contribution is -2.10. The van der Waals surface area contributed by atoms with Crippen LogP contribution in [0.1, 0.15) is 24.0 Å². The van der Waals surface area contributed by atoms with Crippen LogP contribution < -0.4 is 10.1 Å². The van der Waals surface area contributed by atoms with Crippen molar-refractivity contribution in [2.75, 3.05) is 18.2 Å². The summed E-state index contributed by atoms with van der Waals surface area (Å²) in [5, 5.41) is 2.91. The fourth-order valence-electron chi connectivity index (χ4n) is 3.72. The third-order valence-corrected chi connectivity index (χ3v) is 6.39. The van der Waals surface area contributed by atoms with Gasteiger partial charge in [-0.3, -0.25) is 4.98 Å². The Morgan fingerprint density at radius 1 is 1.14 bits per heavy atom.